The first-order valence-corrected chi connectivity index (χ1v) is 6.75. The molecule has 1 saturated heterocycles. The summed E-state index contributed by atoms with van der Waals surface area (Å²) in [5, 5.41) is 10.8. The molecular weight excluding hydrogens is 257 g/mol. The minimum absolute atomic E-state index is 0.164. The Morgan fingerprint density at radius 2 is 2.28 bits per heavy atom. The van der Waals surface area contributed by atoms with Crippen molar-refractivity contribution in [2.45, 2.75) is 25.1 Å². The molecule has 1 amide bonds. The molecule has 4 nitrogen and oxygen atoms in total. The summed E-state index contributed by atoms with van der Waals surface area (Å²) in [6.45, 7) is 0.361. The summed E-state index contributed by atoms with van der Waals surface area (Å²) >= 11 is 1.53. The molecule has 0 radical (unpaired) electrons. The van der Waals surface area contributed by atoms with Gasteiger partial charge in [-0.2, -0.15) is 0 Å². The van der Waals surface area contributed by atoms with Gasteiger partial charge in [-0.15, -0.1) is 11.3 Å². The summed E-state index contributed by atoms with van der Waals surface area (Å²) in [6.07, 6.45) is -0.0850. The summed E-state index contributed by atoms with van der Waals surface area (Å²) < 4.78 is 18.9. The Bertz CT molecular complexity index is 388. The molecule has 1 aliphatic rings. The maximum atomic E-state index is 13.7. The average Bonchev–Trinajstić information content (AvgIpc) is 2.90. The number of ether oxygens (including phenoxy) is 1. The van der Waals surface area contributed by atoms with E-state index in [9.17, 15) is 9.18 Å². The number of aliphatic hydroxyl groups excluding tert-OH is 1. The number of aliphatic hydroxyl groups is 1. The standard InChI is InChI=1S/C12H16FNO3S/c13-12(9-15)3-5-14(6-4-12)11(16)17-8-10-2-1-7-18-10/h1-2,7,15H,3-6,8-9H2. The molecular formula is C12H16FNO3S. The van der Waals surface area contributed by atoms with E-state index in [1.54, 1.807) is 0 Å². The molecule has 0 unspecified atom stereocenters. The molecule has 0 atom stereocenters. The number of carbonyl (C=O) groups excluding carboxylic acids is 1. The Labute approximate surface area is 109 Å². The molecule has 18 heavy (non-hydrogen) atoms. The van der Waals surface area contributed by atoms with E-state index in [4.69, 9.17) is 9.84 Å². The third kappa shape index (κ3) is 3.20. The number of hydrogen-bond acceptors (Lipinski definition) is 4. The van der Waals surface area contributed by atoms with Gasteiger partial charge in [-0.3, -0.25) is 0 Å². The molecule has 1 aromatic heterocycles. The van der Waals surface area contributed by atoms with Crippen molar-refractivity contribution in [2.24, 2.45) is 0 Å². The van der Waals surface area contributed by atoms with E-state index >= 15 is 0 Å². The summed E-state index contributed by atoms with van der Waals surface area (Å²) in [4.78, 5) is 14.2. The second-order valence-corrected chi connectivity index (χ2v) is 5.46. The third-order valence-electron chi connectivity index (χ3n) is 3.12. The van der Waals surface area contributed by atoms with E-state index in [2.05, 4.69) is 0 Å². The zero-order chi connectivity index (χ0) is 13.0. The van der Waals surface area contributed by atoms with Gasteiger partial charge in [-0.1, -0.05) is 6.07 Å². The summed E-state index contributed by atoms with van der Waals surface area (Å²) in [5.41, 5.74) is -1.54. The maximum Gasteiger partial charge on any atom is 0.410 e. The minimum Gasteiger partial charge on any atom is -0.444 e. The zero-order valence-electron chi connectivity index (χ0n) is 9.97. The van der Waals surface area contributed by atoms with Crippen LogP contribution in [0.4, 0.5) is 9.18 Å². The van der Waals surface area contributed by atoms with Crippen molar-refractivity contribution in [1.29, 1.82) is 0 Å². The summed E-state index contributed by atoms with van der Waals surface area (Å²) in [6, 6.07) is 3.79. The van der Waals surface area contributed by atoms with Crippen molar-refractivity contribution < 1.29 is 19.0 Å². The fourth-order valence-corrected chi connectivity index (χ4v) is 2.48. The van der Waals surface area contributed by atoms with Gasteiger partial charge >= 0.3 is 6.09 Å². The molecule has 1 aromatic rings. The minimum atomic E-state index is -1.54. The largest absolute Gasteiger partial charge is 0.444 e. The van der Waals surface area contributed by atoms with Gasteiger partial charge in [0.2, 0.25) is 0 Å². The smallest absolute Gasteiger partial charge is 0.410 e. The van der Waals surface area contributed by atoms with Crippen molar-refractivity contribution in [1.82, 2.24) is 4.90 Å². The fraction of sp³-hybridized carbons (Fsp3) is 0.583. The van der Waals surface area contributed by atoms with Gasteiger partial charge in [0.1, 0.15) is 12.3 Å². The predicted molar refractivity (Wildman–Crippen MR) is 66.2 cm³/mol. The second kappa shape index (κ2) is 5.67. The Kier molecular flexibility index (Phi) is 4.19. The molecule has 1 aliphatic heterocycles. The van der Waals surface area contributed by atoms with Crippen LogP contribution >= 0.6 is 11.3 Å². The molecule has 1 fully saturated rings. The van der Waals surface area contributed by atoms with Crippen LogP contribution in [0.15, 0.2) is 17.5 Å². The molecule has 0 spiro atoms. The number of hydrogen-bond donors (Lipinski definition) is 1. The van der Waals surface area contributed by atoms with Crippen LogP contribution in [-0.2, 0) is 11.3 Å². The summed E-state index contributed by atoms with van der Waals surface area (Å²) in [7, 11) is 0. The van der Waals surface area contributed by atoms with Gasteiger partial charge in [-0.05, 0) is 11.4 Å². The van der Waals surface area contributed by atoms with E-state index in [1.807, 2.05) is 17.5 Å². The quantitative estimate of drug-likeness (QED) is 0.918. The molecule has 2 heterocycles. The first kappa shape index (κ1) is 13.3. The highest BCUT2D eigenvalue weighted by Crippen LogP contribution is 2.26. The first-order chi connectivity index (χ1) is 8.63. The van der Waals surface area contributed by atoms with Crippen LogP contribution < -0.4 is 0 Å². The second-order valence-electron chi connectivity index (χ2n) is 4.43. The Morgan fingerprint density at radius 3 is 2.83 bits per heavy atom. The van der Waals surface area contributed by atoms with Crippen molar-refractivity contribution in [3.05, 3.63) is 22.4 Å². The monoisotopic (exact) mass is 273 g/mol. The average molecular weight is 273 g/mol. The molecule has 0 aromatic carbocycles. The van der Waals surface area contributed by atoms with E-state index in [0.29, 0.717) is 13.1 Å². The number of thiophene rings is 1. The highest BCUT2D eigenvalue weighted by atomic mass is 32.1. The lowest BCUT2D eigenvalue weighted by Crippen LogP contribution is -2.46. The predicted octanol–water partition coefficient (Wildman–Crippen LogP) is 2.18. The zero-order valence-corrected chi connectivity index (χ0v) is 10.8. The van der Waals surface area contributed by atoms with Crippen LogP contribution in [0.3, 0.4) is 0 Å². The molecule has 2 rings (SSSR count). The lowest BCUT2D eigenvalue weighted by molar-refractivity contribution is 0.00546. The highest BCUT2D eigenvalue weighted by molar-refractivity contribution is 7.09. The lowest BCUT2D eigenvalue weighted by atomic mass is 9.95. The number of amides is 1. The van der Waals surface area contributed by atoms with Crippen molar-refractivity contribution in [2.75, 3.05) is 19.7 Å². The topological polar surface area (TPSA) is 49.8 Å². The van der Waals surface area contributed by atoms with Gasteiger partial charge in [0.15, 0.2) is 0 Å². The molecule has 0 saturated carbocycles. The molecule has 100 valence electrons. The summed E-state index contributed by atoms with van der Waals surface area (Å²) in [5.74, 6) is 0. The third-order valence-corrected chi connectivity index (χ3v) is 3.97. The number of rotatable bonds is 3. The van der Waals surface area contributed by atoms with E-state index in [-0.39, 0.29) is 19.4 Å². The Morgan fingerprint density at radius 1 is 1.56 bits per heavy atom. The van der Waals surface area contributed by atoms with E-state index in [1.165, 1.54) is 16.2 Å². The van der Waals surface area contributed by atoms with Gasteiger partial charge in [0, 0.05) is 30.8 Å². The Hall–Kier alpha value is -1.14. The number of alkyl halides is 1. The first-order valence-electron chi connectivity index (χ1n) is 5.87. The molecule has 0 aliphatic carbocycles. The Balaban J connectivity index is 1.77. The normalized spacial score (nSPS) is 18.7. The number of piperidine rings is 1. The van der Waals surface area contributed by atoms with Crippen LogP contribution in [-0.4, -0.2) is 41.5 Å². The lowest BCUT2D eigenvalue weighted by Gasteiger charge is -2.34. The van der Waals surface area contributed by atoms with Crippen molar-refractivity contribution in [3.63, 3.8) is 0 Å². The maximum absolute atomic E-state index is 13.7. The van der Waals surface area contributed by atoms with Gasteiger partial charge in [0.25, 0.3) is 0 Å². The van der Waals surface area contributed by atoms with Gasteiger partial charge in [0.05, 0.1) is 6.61 Å². The van der Waals surface area contributed by atoms with Crippen molar-refractivity contribution in [3.8, 4) is 0 Å². The molecule has 1 N–H and O–H groups in total. The fourth-order valence-electron chi connectivity index (χ4n) is 1.87. The highest BCUT2D eigenvalue weighted by Gasteiger charge is 2.35. The van der Waals surface area contributed by atoms with Crippen LogP contribution in [0, 0.1) is 0 Å². The number of nitrogens with zero attached hydrogens (tertiary/aromatic N) is 1. The molecule has 0 bridgehead atoms. The number of likely N-dealkylation sites (tertiary alicyclic amines) is 1. The van der Waals surface area contributed by atoms with Crippen LogP contribution in [0.25, 0.3) is 0 Å². The van der Waals surface area contributed by atoms with E-state index < -0.39 is 18.4 Å². The van der Waals surface area contributed by atoms with E-state index in [0.717, 1.165) is 4.88 Å². The van der Waals surface area contributed by atoms with Crippen molar-refractivity contribution >= 4 is 17.4 Å². The van der Waals surface area contributed by atoms with Crippen LogP contribution in [0.1, 0.15) is 17.7 Å². The molecule has 6 heteroatoms. The van der Waals surface area contributed by atoms with Crippen LogP contribution in [0.2, 0.25) is 0 Å². The SMILES string of the molecule is O=C(OCc1cccs1)N1CCC(F)(CO)CC1. The van der Waals surface area contributed by atoms with Crippen LogP contribution in [0.5, 0.6) is 0 Å². The number of halogens is 1. The number of carbonyl (C=O) groups is 1. The van der Waals surface area contributed by atoms with Gasteiger partial charge < -0.3 is 14.7 Å². The van der Waals surface area contributed by atoms with Gasteiger partial charge in [-0.25, -0.2) is 9.18 Å².